The molecule has 0 bridgehead atoms. The molecule has 0 aromatic carbocycles. The zero-order valence-electron chi connectivity index (χ0n) is 20.5. The van der Waals surface area contributed by atoms with Gasteiger partial charge in [0.1, 0.15) is 4.83 Å². The lowest BCUT2D eigenvalue weighted by molar-refractivity contribution is -0.189. The summed E-state index contributed by atoms with van der Waals surface area (Å²) in [5.41, 5.74) is 2.81. The van der Waals surface area contributed by atoms with Crippen molar-refractivity contribution in [2.75, 3.05) is 40.0 Å². The predicted octanol–water partition coefficient (Wildman–Crippen LogP) is 1.36. The molecule has 3 aliphatic rings. The van der Waals surface area contributed by atoms with E-state index in [0.29, 0.717) is 34.2 Å². The zero-order chi connectivity index (χ0) is 25.6. The summed E-state index contributed by atoms with van der Waals surface area (Å²) in [5.74, 6) is 0.148. The molecule has 2 fully saturated rings. The molecule has 2 amide bonds. The van der Waals surface area contributed by atoms with Crippen molar-refractivity contribution in [3.63, 3.8) is 0 Å². The zero-order valence-corrected chi connectivity index (χ0v) is 21.3. The van der Waals surface area contributed by atoms with Gasteiger partial charge < -0.3 is 25.4 Å². The van der Waals surface area contributed by atoms with E-state index in [-0.39, 0.29) is 23.3 Å². The van der Waals surface area contributed by atoms with Crippen LogP contribution in [0.25, 0.3) is 15.3 Å². The molecule has 0 aliphatic carbocycles. The number of fused-ring (bicyclic) bond motifs is 1. The molecule has 0 radical (unpaired) electrons. The van der Waals surface area contributed by atoms with Gasteiger partial charge in [0.25, 0.3) is 5.91 Å². The van der Waals surface area contributed by atoms with Crippen LogP contribution in [0.15, 0.2) is 54.4 Å². The molecule has 192 valence electrons. The maximum absolute atomic E-state index is 13.2. The van der Waals surface area contributed by atoms with Crippen molar-refractivity contribution in [3.05, 3.63) is 60.0 Å². The first-order chi connectivity index (χ1) is 17.9. The number of amides is 2. The molecule has 1 spiro atoms. The summed E-state index contributed by atoms with van der Waals surface area (Å²) in [7, 11) is 1.58. The first-order valence-corrected chi connectivity index (χ1v) is 12.8. The number of rotatable bonds is 7. The number of aromatic nitrogens is 3. The number of likely N-dealkylation sites (tertiary alicyclic amines) is 1. The minimum atomic E-state index is -0.275. The van der Waals surface area contributed by atoms with E-state index in [9.17, 15) is 9.59 Å². The Balaban J connectivity index is 1.13. The van der Waals surface area contributed by atoms with Crippen molar-refractivity contribution in [2.45, 2.75) is 13.0 Å². The Morgan fingerprint density at radius 1 is 1.32 bits per heavy atom. The van der Waals surface area contributed by atoms with Crippen LogP contribution in [0, 0.1) is 5.41 Å². The summed E-state index contributed by atoms with van der Waals surface area (Å²) in [6.07, 6.45) is 8.62. The minimum Gasteiger partial charge on any atom is -0.481 e. The Morgan fingerprint density at radius 2 is 2.16 bits per heavy atom. The molecule has 3 aromatic rings. The molecule has 12 heteroatoms. The van der Waals surface area contributed by atoms with Crippen molar-refractivity contribution < 1.29 is 19.1 Å². The lowest BCUT2D eigenvalue weighted by Gasteiger charge is -2.54. The highest BCUT2D eigenvalue weighted by molar-refractivity contribution is 7.21. The molecule has 1 atom stereocenters. The van der Waals surface area contributed by atoms with Gasteiger partial charge in [-0.25, -0.2) is 9.50 Å². The molecule has 6 heterocycles. The number of hydrogen-bond donors (Lipinski definition) is 3. The molecular weight excluding hydrogens is 494 g/mol. The molecule has 2 saturated heterocycles. The lowest BCUT2D eigenvalue weighted by atomic mass is 9.78. The maximum Gasteiger partial charge on any atom is 0.260 e. The second kappa shape index (κ2) is 9.29. The Bertz CT molecular complexity index is 1430. The summed E-state index contributed by atoms with van der Waals surface area (Å²) in [6, 6.07) is 3.62. The van der Waals surface area contributed by atoms with E-state index < -0.39 is 0 Å². The summed E-state index contributed by atoms with van der Waals surface area (Å²) in [6.45, 7) is 5.64. The number of nitrogens with zero attached hydrogens (tertiary/aromatic N) is 4. The van der Waals surface area contributed by atoms with Gasteiger partial charge >= 0.3 is 0 Å². The molecule has 6 rings (SSSR count). The van der Waals surface area contributed by atoms with E-state index in [0.717, 1.165) is 36.7 Å². The molecule has 3 aromatic heterocycles. The van der Waals surface area contributed by atoms with Crippen LogP contribution in [0.1, 0.15) is 17.3 Å². The molecule has 11 nitrogen and oxygen atoms in total. The quantitative estimate of drug-likeness (QED) is 0.426. The number of carbonyl (C=O) groups is 2. The third-order valence-corrected chi connectivity index (χ3v) is 7.93. The van der Waals surface area contributed by atoms with Crippen molar-refractivity contribution in [2.24, 2.45) is 5.41 Å². The van der Waals surface area contributed by atoms with Gasteiger partial charge in [-0.1, -0.05) is 0 Å². The third kappa shape index (κ3) is 4.47. The largest absolute Gasteiger partial charge is 0.481 e. The number of ether oxygens (including phenoxy) is 2. The van der Waals surface area contributed by atoms with Crippen molar-refractivity contribution in [1.82, 2.24) is 35.4 Å². The number of pyridine rings is 1. The standard InChI is InChI=1S/C25H27N7O4S/c1-15-19(6-16(7-27-15)29-21(33)10-31-11-25(12-31)13-36-14-25)30-22(34)18-8-28-32-9-20(37-24(18)32)17-4-3-5-26-23(17)35-2/h3-9,15,27H,10-14H2,1-2H3,(H,29,33)(H,30,34). The van der Waals surface area contributed by atoms with Gasteiger partial charge in [-0.2, -0.15) is 5.10 Å². The van der Waals surface area contributed by atoms with Crippen LogP contribution in [0.5, 0.6) is 5.88 Å². The highest BCUT2D eigenvalue weighted by Gasteiger charge is 2.49. The normalized spacial score (nSPS) is 20.3. The smallest absolute Gasteiger partial charge is 0.260 e. The molecule has 0 saturated carbocycles. The van der Waals surface area contributed by atoms with Gasteiger partial charge in [-0.15, -0.1) is 11.3 Å². The fourth-order valence-electron chi connectivity index (χ4n) is 4.85. The van der Waals surface area contributed by atoms with Crippen LogP contribution >= 0.6 is 11.3 Å². The van der Waals surface area contributed by atoms with Gasteiger partial charge in [-0.05, 0) is 25.1 Å². The van der Waals surface area contributed by atoms with Crippen LogP contribution in [-0.2, 0) is 9.53 Å². The van der Waals surface area contributed by atoms with Crippen LogP contribution < -0.4 is 20.7 Å². The second-order valence-electron chi connectivity index (χ2n) is 9.69. The van der Waals surface area contributed by atoms with Crippen LogP contribution in [0.3, 0.4) is 0 Å². The number of carbonyl (C=O) groups excluding carboxylic acids is 2. The highest BCUT2D eigenvalue weighted by atomic mass is 32.1. The van der Waals surface area contributed by atoms with Gasteiger partial charge in [-0.3, -0.25) is 14.5 Å². The number of dihydropyridines is 1. The molecule has 3 N–H and O–H groups in total. The number of hydrogen-bond acceptors (Lipinski definition) is 9. The number of methoxy groups -OCH3 is 1. The fourth-order valence-corrected chi connectivity index (χ4v) is 5.93. The van der Waals surface area contributed by atoms with Gasteiger partial charge in [0.15, 0.2) is 0 Å². The topological polar surface area (TPSA) is 122 Å². The van der Waals surface area contributed by atoms with E-state index in [4.69, 9.17) is 9.47 Å². The minimum absolute atomic E-state index is 0.0880. The maximum atomic E-state index is 13.2. The fraction of sp³-hybridized carbons (Fsp3) is 0.360. The second-order valence-corrected chi connectivity index (χ2v) is 10.7. The monoisotopic (exact) mass is 521 g/mol. The van der Waals surface area contributed by atoms with Crippen LogP contribution in [0.2, 0.25) is 0 Å². The van der Waals surface area contributed by atoms with Crippen LogP contribution in [-0.4, -0.2) is 77.3 Å². The van der Waals surface area contributed by atoms with Crippen molar-refractivity contribution in [1.29, 1.82) is 0 Å². The molecule has 1 unspecified atom stereocenters. The van der Waals surface area contributed by atoms with E-state index in [2.05, 4.69) is 30.9 Å². The van der Waals surface area contributed by atoms with E-state index in [1.165, 1.54) is 11.3 Å². The van der Waals surface area contributed by atoms with Gasteiger partial charge in [0.2, 0.25) is 11.8 Å². The first kappa shape index (κ1) is 23.6. The summed E-state index contributed by atoms with van der Waals surface area (Å²) < 4.78 is 12.3. The van der Waals surface area contributed by atoms with E-state index in [1.54, 1.807) is 36.3 Å². The highest BCUT2D eigenvalue weighted by Crippen LogP contribution is 2.37. The predicted molar refractivity (Wildman–Crippen MR) is 137 cm³/mol. The molecular formula is C25H27N7O4S. The Labute approximate surface area is 217 Å². The molecule has 37 heavy (non-hydrogen) atoms. The average molecular weight is 522 g/mol. The summed E-state index contributed by atoms with van der Waals surface area (Å²) >= 11 is 1.44. The Hall–Kier alpha value is -3.74. The number of thiazole rings is 1. The molecule has 3 aliphatic heterocycles. The van der Waals surface area contributed by atoms with Gasteiger partial charge in [0.05, 0.1) is 60.8 Å². The van der Waals surface area contributed by atoms with E-state index >= 15 is 0 Å². The summed E-state index contributed by atoms with van der Waals surface area (Å²) in [4.78, 5) is 33.7. The van der Waals surface area contributed by atoms with E-state index in [1.807, 2.05) is 25.3 Å². The van der Waals surface area contributed by atoms with Crippen molar-refractivity contribution in [3.8, 4) is 16.3 Å². The third-order valence-electron chi connectivity index (χ3n) is 6.78. The Kier molecular flexibility index (Phi) is 5.94. The average Bonchev–Trinajstić information content (AvgIpc) is 3.43. The van der Waals surface area contributed by atoms with Gasteiger partial charge in [0, 0.05) is 42.8 Å². The summed E-state index contributed by atoms with van der Waals surface area (Å²) in [5, 5.41) is 13.5. The lowest BCUT2D eigenvalue weighted by Crippen LogP contribution is -2.66. The van der Waals surface area contributed by atoms with Crippen LogP contribution in [0.4, 0.5) is 0 Å². The first-order valence-electron chi connectivity index (χ1n) is 12.0. The Morgan fingerprint density at radius 3 is 2.92 bits per heavy atom. The SMILES string of the molecule is COc1ncccc1-c1cn2ncc(C(=O)NC3=CC(NC(=O)CN4CC5(COC5)C4)=CNC3C)c2s1. The van der Waals surface area contributed by atoms with Crippen molar-refractivity contribution >= 4 is 28.0 Å². The number of nitrogens with one attached hydrogen (secondary N) is 3. The number of allylic oxidation sites excluding steroid dienone is 1.